The average molecular weight is 467 g/mol. The van der Waals surface area contributed by atoms with Crippen LogP contribution in [0.4, 0.5) is 11.4 Å². The molecule has 0 fully saturated rings. The fourth-order valence-corrected chi connectivity index (χ4v) is 5.13. The first-order valence-electron chi connectivity index (χ1n) is 11.1. The first-order valence-corrected chi connectivity index (χ1v) is 12.0. The van der Waals surface area contributed by atoms with Crippen LogP contribution in [0.25, 0.3) is 0 Å². The van der Waals surface area contributed by atoms with Crippen molar-refractivity contribution < 1.29 is 20.1 Å². The van der Waals surface area contributed by atoms with Gasteiger partial charge in [-0.2, -0.15) is 0 Å². The summed E-state index contributed by atoms with van der Waals surface area (Å²) in [6.45, 7) is 2.26. The summed E-state index contributed by atoms with van der Waals surface area (Å²) in [6, 6.07) is 24.2. The van der Waals surface area contributed by atoms with Gasteiger partial charge < -0.3 is 25.0 Å². The van der Waals surface area contributed by atoms with E-state index in [1.807, 2.05) is 48.5 Å². The van der Waals surface area contributed by atoms with Gasteiger partial charge in [0.05, 0.1) is 37.2 Å². The maximum Gasteiger partial charge on any atom is 0.119 e. The van der Waals surface area contributed by atoms with Gasteiger partial charge in [0, 0.05) is 29.4 Å². The molecule has 7 heteroatoms. The molecule has 4 rings (SSSR count). The minimum Gasteiger partial charge on any atom is -0.491 e. The first kappa shape index (κ1) is 23.6. The summed E-state index contributed by atoms with van der Waals surface area (Å²) < 4.78 is 5.42. The smallest absolute Gasteiger partial charge is 0.119 e. The third-order valence-electron chi connectivity index (χ3n) is 5.50. The van der Waals surface area contributed by atoms with Crippen molar-refractivity contribution in [1.82, 2.24) is 4.90 Å². The maximum absolute atomic E-state index is 11.1. The fourth-order valence-electron chi connectivity index (χ4n) is 4.03. The largest absolute Gasteiger partial charge is 0.491 e. The monoisotopic (exact) mass is 466 g/mol. The topological polar surface area (TPSA) is 76.4 Å². The third kappa shape index (κ3) is 6.07. The number of hydrogen-bond acceptors (Lipinski definition) is 7. The van der Waals surface area contributed by atoms with Crippen molar-refractivity contribution in [1.29, 1.82) is 0 Å². The molecule has 0 amide bonds. The van der Waals surface area contributed by atoms with Gasteiger partial charge in [0.1, 0.15) is 12.4 Å². The van der Waals surface area contributed by atoms with Gasteiger partial charge in [-0.05, 0) is 42.0 Å². The Labute approximate surface area is 199 Å². The second-order valence-corrected chi connectivity index (χ2v) is 9.06. The molecule has 33 heavy (non-hydrogen) atoms. The molecule has 3 aromatic carbocycles. The molecule has 3 aromatic rings. The van der Waals surface area contributed by atoms with Crippen LogP contribution in [0, 0.1) is 0 Å². The second kappa shape index (κ2) is 11.5. The van der Waals surface area contributed by atoms with Gasteiger partial charge in [0.15, 0.2) is 0 Å². The van der Waals surface area contributed by atoms with E-state index in [0.29, 0.717) is 31.9 Å². The van der Waals surface area contributed by atoms with Crippen LogP contribution in [0.2, 0.25) is 0 Å². The number of benzene rings is 3. The van der Waals surface area contributed by atoms with Gasteiger partial charge in [0.2, 0.25) is 0 Å². The van der Waals surface area contributed by atoms with Gasteiger partial charge in [-0.1, -0.05) is 48.2 Å². The molecule has 0 radical (unpaired) electrons. The van der Waals surface area contributed by atoms with Crippen LogP contribution in [0.3, 0.4) is 0 Å². The van der Waals surface area contributed by atoms with E-state index in [2.05, 4.69) is 34.1 Å². The number of aliphatic hydroxyl groups excluding tert-OH is 3. The van der Waals surface area contributed by atoms with Crippen molar-refractivity contribution in [2.24, 2.45) is 0 Å². The minimum absolute atomic E-state index is 0.0193. The second-order valence-electron chi connectivity index (χ2n) is 7.98. The number of fused-ring (bicyclic) bond motifs is 2. The lowest BCUT2D eigenvalue weighted by Crippen LogP contribution is -2.40. The SMILES string of the molecule is OCCOc1ccc(CN(CCO)C[C@@H](O)CN2c3ccccc3Sc3ccccc32)cc1. The molecular weight excluding hydrogens is 436 g/mol. The van der Waals surface area contributed by atoms with Crippen LogP contribution in [0.5, 0.6) is 5.75 Å². The Balaban J connectivity index is 1.44. The summed E-state index contributed by atoms with van der Waals surface area (Å²) in [5.74, 6) is 0.710. The summed E-state index contributed by atoms with van der Waals surface area (Å²) in [5.41, 5.74) is 3.27. The molecule has 0 saturated heterocycles. The normalized spacial score (nSPS) is 13.5. The molecule has 1 atom stereocenters. The van der Waals surface area contributed by atoms with Crippen molar-refractivity contribution in [2.45, 2.75) is 22.4 Å². The van der Waals surface area contributed by atoms with Crippen LogP contribution in [-0.4, -0.2) is 65.8 Å². The Bertz CT molecular complexity index is 985. The quantitative estimate of drug-likeness (QED) is 0.399. The summed E-state index contributed by atoms with van der Waals surface area (Å²) in [4.78, 5) is 6.61. The Morgan fingerprint density at radius 1 is 0.848 bits per heavy atom. The van der Waals surface area contributed by atoms with Gasteiger partial charge in [-0.15, -0.1) is 0 Å². The van der Waals surface area contributed by atoms with Crippen LogP contribution >= 0.6 is 11.8 Å². The highest BCUT2D eigenvalue weighted by Gasteiger charge is 2.25. The molecule has 1 aliphatic heterocycles. The van der Waals surface area contributed by atoms with Crippen LogP contribution in [0.15, 0.2) is 82.6 Å². The Kier molecular flexibility index (Phi) is 8.25. The lowest BCUT2D eigenvalue weighted by molar-refractivity contribution is 0.100. The molecule has 0 aliphatic carbocycles. The van der Waals surface area contributed by atoms with Gasteiger partial charge in [-0.25, -0.2) is 0 Å². The lowest BCUT2D eigenvalue weighted by atomic mass is 10.1. The molecule has 0 saturated carbocycles. The van der Waals surface area contributed by atoms with Crippen molar-refractivity contribution in [3.8, 4) is 5.75 Å². The van der Waals surface area contributed by atoms with E-state index in [0.717, 1.165) is 16.9 Å². The van der Waals surface area contributed by atoms with Crippen LogP contribution in [0.1, 0.15) is 5.56 Å². The third-order valence-corrected chi connectivity index (χ3v) is 6.63. The number of ether oxygens (including phenoxy) is 1. The van der Waals surface area contributed by atoms with Crippen molar-refractivity contribution in [3.63, 3.8) is 0 Å². The van der Waals surface area contributed by atoms with E-state index in [1.54, 1.807) is 11.8 Å². The molecule has 0 aromatic heterocycles. The van der Waals surface area contributed by atoms with Crippen molar-refractivity contribution >= 4 is 23.1 Å². The number of anilines is 2. The predicted octanol–water partition coefficient (Wildman–Crippen LogP) is 3.52. The molecule has 174 valence electrons. The zero-order valence-electron chi connectivity index (χ0n) is 18.5. The lowest BCUT2D eigenvalue weighted by Gasteiger charge is -2.35. The number of rotatable bonds is 11. The number of para-hydroxylation sites is 2. The molecule has 1 heterocycles. The number of hydrogen-bond donors (Lipinski definition) is 3. The van der Waals surface area contributed by atoms with Gasteiger partial charge >= 0.3 is 0 Å². The van der Waals surface area contributed by atoms with E-state index >= 15 is 0 Å². The summed E-state index contributed by atoms with van der Waals surface area (Å²) in [7, 11) is 0. The van der Waals surface area contributed by atoms with Gasteiger partial charge in [-0.3, -0.25) is 4.90 Å². The maximum atomic E-state index is 11.1. The Morgan fingerprint density at radius 2 is 1.48 bits per heavy atom. The molecule has 0 bridgehead atoms. The zero-order chi connectivity index (χ0) is 23.0. The summed E-state index contributed by atoms with van der Waals surface area (Å²) >= 11 is 1.75. The molecule has 0 unspecified atom stereocenters. The standard InChI is InChI=1S/C26H30N2O4S/c29-14-13-27(17-20-9-11-22(12-10-20)32-16-15-30)18-21(31)19-28-23-5-1-3-7-25(23)33-26-8-4-2-6-24(26)28/h1-12,21,29-31H,13-19H2/t21-/m1/s1. The number of β-amino-alcohol motifs (C(OH)–C–C–N with tert-alkyl or cyclic N) is 1. The van der Waals surface area contributed by atoms with Crippen LogP contribution in [-0.2, 0) is 6.54 Å². The molecule has 6 nitrogen and oxygen atoms in total. The van der Waals surface area contributed by atoms with E-state index in [4.69, 9.17) is 9.84 Å². The van der Waals surface area contributed by atoms with E-state index in [1.165, 1.54) is 9.79 Å². The Morgan fingerprint density at radius 3 is 2.09 bits per heavy atom. The zero-order valence-corrected chi connectivity index (χ0v) is 19.3. The fraction of sp³-hybridized carbons (Fsp3) is 0.308. The summed E-state index contributed by atoms with van der Waals surface area (Å²) in [6.07, 6.45) is -0.604. The highest BCUT2D eigenvalue weighted by molar-refractivity contribution is 7.99. The highest BCUT2D eigenvalue weighted by atomic mass is 32.2. The van der Waals surface area contributed by atoms with E-state index < -0.39 is 6.10 Å². The van der Waals surface area contributed by atoms with Crippen molar-refractivity contribution in [3.05, 3.63) is 78.4 Å². The van der Waals surface area contributed by atoms with Crippen molar-refractivity contribution in [2.75, 3.05) is 44.4 Å². The number of nitrogens with zero attached hydrogens (tertiary/aromatic N) is 2. The van der Waals surface area contributed by atoms with Crippen LogP contribution < -0.4 is 9.64 Å². The first-order chi connectivity index (χ1) is 16.2. The highest BCUT2D eigenvalue weighted by Crippen LogP contribution is 2.47. The van der Waals surface area contributed by atoms with E-state index in [-0.39, 0.29) is 19.8 Å². The molecule has 3 N–H and O–H groups in total. The molecular formula is C26H30N2O4S. The summed E-state index contributed by atoms with van der Waals surface area (Å²) in [5, 5.41) is 29.5. The molecule has 0 spiro atoms. The minimum atomic E-state index is -0.604. The Hall–Kier alpha value is -2.55. The number of aliphatic hydroxyl groups is 3. The van der Waals surface area contributed by atoms with E-state index in [9.17, 15) is 10.2 Å². The molecule has 1 aliphatic rings. The predicted molar refractivity (Wildman–Crippen MR) is 131 cm³/mol. The van der Waals surface area contributed by atoms with Gasteiger partial charge in [0.25, 0.3) is 0 Å². The average Bonchev–Trinajstić information content (AvgIpc) is 2.83.